The molecule has 0 atom stereocenters. The van der Waals surface area contributed by atoms with Gasteiger partial charge in [-0.2, -0.15) is 0 Å². The third kappa shape index (κ3) is 6.46. The molecule has 0 unspecified atom stereocenters. The largest absolute Gasteiger partial charge is 0.312 e. The molecule has 2 fully saturated rings. The van der Waals surface area contributed by atoms with Crippen molar-refractivity contribution >= 4 is 8.40 Å². The lowest BCUT2D eigenvalue weighted by Crippen LogP contribution is -2.64. The number of hydrogen-bond acceptors (Lipinski definition) is 2. The van der Waals surface area contributed by atoms with Crippen molar-refractivity contribution in [1.29, 1.82) is 0 Å². The molecule has 24 heavy (non-hydrogen) atoms. The van der Waals surface area contributed by atoms with Crippen LogP contribution in [0.5, 0.6) is 0 Å². The zero-order chi connectivity index (χ0) is 17.1. The van der Waals surface area contributed by atoms with E-state index < -0.39 is 8.40 Å². The molecule has 2 nitrogen and oxygen atoms in total. The van der Waals surface area contributed by atoms with Gasteiger partial charge in [0.25, 0.3) is 0 Å². The minimum Gasteiger partial charge on any atom is -0.312 e. The Kier molecular flexibility index (Phi) is 9.96. The van der Waals surface area contributed by atoms with Crippen molar-refractivity contribution in [2.45, 2.75) is 109 Å². The van der Waals surface area contributed by atoms with Crippen LogP contribution in [-0.2, 0) is 0 Å². The molecule has 0 N–H and O–H groups in total. The number of hydrogen-bond donors (Lipinski definition) is 0. The summed E-state index contributed by atoms with van der Waals surface area (Å²) in [6.45, 7) is 10.6. The van der Waals surface area contributed by atoms with Crippen molar-refractivity contribution in [3.63, 3.8) is 0 Å². The van der Waals surface area contributed by atoms with Crippen molar-refractivity contribution < 1.29 is 0 Å². The van der Waals surface area contributed by atoms with Crippen molar-refractivity contribution in [2.24, 2.45) is 0 Å². The molecule has 2 heterocycles. The Morgan fingerprint density at radius 2 is 1.00 bits per heavy atom. The maximum absolute atomic E-state index is 3.03. The molecule has 0 aromatic heterocycles. The van der Waals surface area contributed by atoms with Gasteiger partial charge in [-0.05, 0) is 64.5 Å². The van der Waals surface area contributed by atoms with Crippen LogP contribution in [0.4, 0.5) is 0 Å². The molecule has 0 aromatic rings. The zero-order valence-corrected chi connectivity index (χ0v) is 17.8. The molecule has 0 aliphatic carbocycles. The molecule has 142 valence electrons. The van der Waals surface area contributed by atoms with Crippen molar-refractivity contribution in [1.82, 2.24) is 9.13 Å². The topological polar surface area (TPSA) is 6.48 Å². The molecule has 0 amide bonds. The highest BCUT2D eigenvalue weighted by molar-refractivity contribution is 6.73. The highest BCUT2D eigenvalue weighted by Crippen LogP contribution is 2.29. The van der Waals surface area contributed by atoms with Gasteiger partial charge in [-0.25, -0.2) is 0 Å². The van der Waals surface area contributed by atoms with Gasteiger partial charge in [0.1, 0.15) is 0 Å². The first-order chi connectivity index (χ1) is 11.8. The summed E-state index contributed by atoms with van der Waals surface area (Å²) in [4.78, 5) is 0. The molecule has 0 spiro atoms. The molecule has 2 saturated heterocycles. The van der Waals surface area contributed by atoms with E-state index in [0.717, 1.165) is 0 Å². The Morgan fingerprint density at radius 1 is 0.583 bits per heavy atom. The van der Waals surface area contributed by atoms with Gasteiger partial charge in [-0.1, -0.05) is 71.1 Å². The van der Waals surface area contributed by atoms with Crippen molar-refractivity contribution in [2.75, 3.05) is 26.2 Å². The number of nitrogens with zero attached hydrogens (tertiary/aromatic N) is 2. The highest BCUT2D eigenvalue weighted by Gasteiger charge is 2.40. The molecule has 0 bridgehead atoms. The van der Waals surface area contributed by atoms with Crippen molar-refractivity contribution in [3.8, 4) is 0 Å². The Labute approximate surface area is 153 Å². The second kappa shape index (κ2) is 11.7. The van der Waals surface area contributed by atoms with Gasteiger partial charge in [0.05, 0.1) is 0 Å². The van der Waals surface area contributed by atoms with E-state index in [1.165, 1.54) is 122 Å². The van der Waals surface area contributed by atoms with E-state index in [1.54, 1.807) is 0 Å². The first-order valence-electron chi connectivity index (χ1n) is 11.3. The smallest absolute Gasteiger partial charge is 0.203 e. The fourth-order valence-electron chi connectivity index (χ4n) is 4.86. The van der Waals surface area contributed by atoms with E-state index in [2.05, 4.69) is 22.6 Å². The van der Waals surface area contributed by atoms with Gasteiger partial charge in [0.15, 0.2) is 0 Å². The number of rotatable bonds is 9. The molecule has 2 aliphatic rings. The average molecular weight is 353 g/mol. The maximum Gasteiger partial charge on any atom is 0.203 e. The van der Waals surface area contributed by atoms with E-state index in [9.17, 15) is 0 Å². The summed E-state index contributed by atoms with van der Waals surface area (Å²) in [5.41, 5.74) is 0. The van der Waals surface area contributed by atoms with E-state index in [4.69, 9.17) is 0 Å². The molecule has 0 aromatic carbocycles. The van der Waals surface area contributed by atoms with Crippen LogP contribution in [0, 0.1) is 0 Å². The predicted octanol–water partition coefficient (Wildman–Crippen LogP) is 6.17. The van der Waals surface area contributed by atoms with Gasteiger partial charge >= 0.3 is 0 Å². The fourth-order valence-corrected chi connectivity index (χ4v) is 9.37. The SMILES string of the molecule is CCCCCCCC[Si](C)(N1CCCCCC1)N1CCCCCC1. The third-order valence-corrected chi connectivity index (χ3v) is 11.5. The standard InChI is InChI=1S/C21H44N2Si/c1-3-4-5-6-11-16-21-24(2,22-17-12-7-8-13-18-22)23-19-14-9-10-15-20-23/h3-21H2,1-2H3. The minimum atomic E-state index is -1.41. The van der Waals surface area contributed by atoms with Crippen LogP contribution in [-0.4, -0.2) is 43.7 Å². The Balaban J connectivity index is 1.93. The van der Waals surface area contributed by atoms with Crippen LogP contribution >= 0.6 is 0 Å². The number of unbranched alkanes of at least 4 members (excludes halogenated alkanes) is 5. The van der Waals surface area contributed by atoms with Crippen LogP contribution < -0.4 is 0 Å². The van der Waals surface area contributed by atoms with Gasteiger partial charge in [-0.15, -0.1) is 0 Å². The summed E-state index contributed by atoms with van der Waals surface area (Å²) in [5, 5.41) is 0. The zero-order valence-electron chi connectivity index (χ0n) is 16.8. The van der Waals surface area contributed by atoms with E-state index >= 15 is 0 Å². The second-order valence-corrected chi connectivity index (χ2v) is 12.7. The van der Waals surface area contributed by atoms with E-state index in [0.29, 0.717) is 0 Å². The Morgan fingerprint density at radius 3 is 1.46 bits per heavy atom. The summed E-state index contributed by atoms with van der Waals surface area (Å²) < 4.78 is 6.05. The van der Waals surface area contributed by atoms with E-state index in [1.807, 2.05) is 0 Å². The molecular weight excluding hydrogens is 308 g/mol. The van der Waals surface area contributed by atoms with Crippen LogP contribution in [0.15, 0.2) is 0 Å². The van der Waals surface area contributed by atoms with Crippen LogP contribution in [0.2, 0.25) is 12.6 Å². The van der Waals surface area contributed by atoms with Gasteiger partial charge in [0.2, 0.25) is 8.40 Å². The highest BCUT2D eigenvalue weighted by atomic mass is 28.3. The summed E-state index contributed by atoms with van der Waals surface area (Å²) in [7, 11) is -1.41. The van der Waals surface area contributed by atoms with Crippen LogP contribution in [0.1, 0.15) is 96.8 Å². The second-order valence-electron chi connectivity index (χ2n) is 8.54. The van der Waals surface area contributed by atoms with Gasteiger partial charge in [0, 0.05) is 0 Å². The molecule has 3 heteroatoms. The molecule has 2 rings (SSSR count). The lowest BCUT2D eigenvalue weighted by Gasteiger charge is -2.47. The molecule has 2 aliphatic heterocycles. The predicted molar refractivity (Wildman–Crippen MR) is 110 cm³/mol. The monoisotopic (exact) mass is 352 g/mol. The Bertz CT molecular complexity index is 285. The Hall–Kier alpha value is 0.137. The van der Waals surface area contributed by atoms with E-state index in [-0.39, 0.29) is 0 Å². The minimum absolute atomic E-state index is 1.37. The average Bonchev–Trinajstić information content (AvgIpc) is 3.03. The van der Waals surface area contributed by atoms with Crippen LogP contribution in [0.3, 0.4) is 0 Å². The van der Waals surface area contributed by atoms with Gasteiger partial charge in [-0.3, -0.25) is 0 Å². The normalized spacial score (nSPS) is 22.2. The molecule has 0 saturated carbocycles. The molecule has 0 radical (unpaired) electrons. The molecular formula is C21H44N2Si. The summed E-state index contributed by atoms with van der Waals surface area (Å²) in [6.07, 6.45) is 20.4. The third-order valence-electron chi connectivity index (χ3n) is 6.58. The first kappa shape index (κ1) is 20.4. The quantitative estimate of drug-likeness (QED) is 0.361. The fraction of sp³-hybridized carbons (Fsp3) is 1.00. The van der Waals surface area contributed by atoms with Crippen LogP contribution in [0.25, 0.3) is 0 Å². The van der Waals surface area contributed by atoms with Gasteiger partial charge < -0.3 is 9.13 Å². The summed E-state index contributed by atoms with van der Waals surface area (Å²) in [5.74, 6) is 0. The van der Waals surface area contributed by atoms with Crippen molar-refractivity contribution in [3.05, 3.63) is 0 Å². The first-order valence-corrected chi connectivity index (χ1v) is 13.9. The maximum atomic E-state index is 3.03. The lowest BCUT2D eigenvalue weighted by molar-refractivity contribution is 0.328. The summed E-state index contributed by atoms with van der Waals surface area (Å²) in [6, 6.07) is 1.53. The summed E-state index contributed by atoms with van der Waals surface area (Å²) >= 11 is 0. The lowest BCUT2D eigenvalue weighted by atomic mass is 10.1.